The molecule has 0 aliphatic heterocycles. The second-order valence-electron chi connectivity index (χ2n) is 4.32. The molecule has 21 heavy (non-hydrogen) atoms. The van der Waals surface area contributed by atoms with E-state index in [4.69, 9.17) is 24.6 Å². The zero-order valence-corrected chi connectivity index (χ0v) is 11.6. The average molecular weight is 306 g/mol. The van der Waals surface area contributed by atoms with E-state index in [1.165, 1.54) is 25.2 Å². The molecule has 0 saturated heterocycles. The normalized spacial score (nSPS) is 10.4. The molecule has 0 unspecified atom stereocenters. The number of anilines is 2. The topological polar surface area (TPSA) is 71.3 Å². The quantitative estimate of drug-likeness (QED) is 0.841. The molecule has 0 fully saturated rings. The van der Waals surface area contributed by atoms with Crippen LogP contribution in [-0.4, -0.2) is 23.5 Å². The van der Waals surface area contributed by atoms with Gasteiger partial charge in [-0.05, 0) is 12.1 Å². The second kappa shape index (κ2) is 5.61. The van der Waals surface area contributed by atoms with E-state index in [-0.39, 0.29) is 16.3 Å². The Morgan fingerprint density at radius 1 is 1.48 bits per heavy atom. The standard InChI is InChI=1S/C13H9BClFN2O3/c1-18-5-7(13(20)21)11(10(16)12(18)19)17-9-3-2-6(14)4-8(9)15/h2-5,17H,1H3,(H,20,21). The third kappa shape index (κ3) is 2.92. The van der Waals surface area contributed by atoms with Gasteiger partial charge in [-0.25, -0.2) is 4.79 Å². The molecule has 0 saturated carbocycles. The van der Waals surface area contributed by atoms with Gasteiger partial charge in [0.25, 0.3) is 5.56 Å². The van der Waals surface area contributed by atoms with E-state index in [0.29, 0.717) is 5.46 Å². The van der Waals surface area contributed by atoms with E-state index in [1.54, 1.807) is 0 Å². The number of hydrogen-bond donors (Lipinski definition) is 2. The van der Waals surface area contributed by atoms with Gasteiger partial charge in [-0.3, -0.25) is 4.79 Å². The van der Waals surface area contributed by atoms with Gasteiger partial charge in [0.15, 0.2) is 0 Å². The molecule has 2 rings (SSSR count). The minimum Gasteiger partial charge on any atom is -0.478 e. The Balaban J connectivity index is 2.60. The molecule has 0 amide bonds. The van der Waals surface area contributed by atoms with Gasteiger partial charge in [0.2, 0.25) is 5.82 Å². The van der Waals surface area contributed by atoms with Crippen LogP contribution < -0.4 is 16.3 Å². The van der Waals surface area contributed by atoms with Crippen LogP contribution in [0.1, 0.15) is 10.4 Å². The fourth-order valence-corrected chi connectivity index (χ4v) is 1.98. The maximum absolute atomic E-state index is 14.1. The Hall–Kier alpha value is -2.28. The lowest BCUT2D eigenvalue weighted by Gasteiger charge is -2.13. The molecule has 2 aromatic rings. The summed E-state index contributed by atoms with van der Waals surface area (Å²) in [7, 11) is 6.80. The molecule has 2 N–H and O–H groups in total. The van der Waals surface area contributed by atoms with Crippen molar-refractivity contribution in [2.75, 3.05) is 5.32 Å². The van der Waals surface area contributed by atoms with Crippen LogP contribution >= 0.6 is 11.6 Å². The minimum atomic E-state index is -1.38. The van der Waals surface area contributed by atoms with Gasteiger partial charge >= 0.3 is 5.97 Å². The Labute approximate surface area is 125 Å². The van der Waals surface area contributed by atoms with Crippen LogP contribution in [0.2, 0.25) is 5.02 Å². The van der Waals surface area contributed by atoms with E-state index in [1.807, 2.05) is 0 Å². The number of rotatable bonds is 3. The molecule has 1 heterocycles. The molecular formula is C13H9BClFN2O3. The van der Waals surface area contributed by atoms with E-state index >= 15 is 0 Å². The maximum atomic E-state index is 14.1. The summed E-state index contributed by atoms with van der Waals surface area (Å²) >= 11 is 5.94. The Morgan fingerprint density at radius 3 is 2.71 bits per heavy atom. The van der Waals surface area contributed by atoms with Gasteiger partial charge in [0.1, 0.15) is 13.4 Å². The van der Waals surface area contributed by atoms with Crippen LogP contribution in [0, 0.1) is 5.82 Å². The summed E-state index contributed by atoms with van der Waals surface area (Å²) in [6.45, 7) is 0. The molecule has 8 heteroatoms. The highest BCUT2D eigenvalue weighted by atomic mass is 35.5. The molecule has 2 radical (unpaired) electrons. The highest BCUT2D eigenvalue weighted by Gasteiger charge is 2.20. The maximum Gasteiger partial charge on any atom is 0.339 e. The Kier molecular flexibility index (Phi) is 4.04. The second-order valence-corrected chi connectivity index (χ2v) is 4.72. The van der Waals surface area contributed by atoms with Crippen molar-refractivity contribution in [3.63, 3.8) is 0 Å². The zero-order valence-electron chi connectivity index (χ0n) is 10.9. The predicted octanol–water partition coefficient (Wildman–Crippen LogP) is 1.41. The molecule has 106 valence electrons. The highest BCUT2D eigenvalue weighted by Crippen LogP contribution is 2.27. The van der Waals surface area contributed by atoms with Crippen molar-refractivity contribution in [3.05, 3.63) is 51.2 Å². The summed E-state index contributed by atoms with van der Waals surface area (Å²) in [5.74, 6) is -2.58. The van der Waals surface area contributed by atoms with Gasteiger partial charge in [-0.1, -0.05) is 23.1 Å². The van der Waals surface area contributed by atoms with Crippen molar-refractivity contribution in [3.8, 4) is 0 Å². The van der Waals surface area contributed by atoms with E-state index in [9.17, 15) is 14.0 Å². The lowest BCUT2D eigenvalue weighted by atomic mass is 9.96. The third-order valence-electron chi connectivity index (χ3n) is 2.80. The number of carboxylic acid groups (broad SMARTS) is 1. The van der Waals surface area contributed by atoms with Crippen molar-refractivity contribution < 1.29 is 14.3 Å². The number of carboxylic acids is 1. The molecule has 0 aliphatic rings. The van der Waals surface area contributed by atoms with Crippen molar-refractivity contribution in [1.29, 1.82) is 0 Å². The summed E-state index contributed by atoms with van der Waals surface area (Å²) in [6.07, 6.45) is 1.03. The molecule has 0 spiro atoms. The van der Waals surface area contributed by atoms with Crippen LogP contribution in [0.25, 0.3) is 0 Å². The van der Waals surface area contributed by atoms with Gasteiger partial charge in [-0.2, -0.15) is 4.39 Å². The third-order valence-corrected chi connectivity index (χ3v) is 3.12. The van der Waals surface area contributed by atoms with E-state index in [2.05, 4.69) is 5.32 Å². The first-order chi connectivity index (χ1) is 9.81. The number of aromatic carboxylic acids is 1. The first-order valence-electron chi connectivity index (χ1n) is 5.75. The minimum absolute atomic E-state index is 0.173. The van der Waals surface area contributed by atoms with E-state index < -0.39 is 23.0 Å². The lowest BCUT2D eigenvalue weighted by molar-refractivity contribution is 0.0696. The fraction of sp³-hybridized carbons (Fsp3) is 0.0769. The number of nitrogens with zero attached hydrogens (tertiary/aromatic N) is 1. The summed E-state index contributed by atoms with van der Waals surface area (Å²) in [4.78, 5) is 22.8. The van der Waals surface area contributed by atoms with Gasteiger partial charge in [0.05, 0.1) is 16.4 Å². The van der Waals surface area contributed by atoms with Crippen molar-refractivity contribution in [2.45, 2.75) is 0 Å². The first kappa shape index (κ1) is 15.1. The largest absolute Gasteiger partial charge is 0.478 e. The van der Waals surface area contributed by atoms with Gasteiger partial charge < -0.3 is 15.0 Å². The first-order valence-corrected chi connectivity index (χ1v) is 6.13. The van der Waals surface area contributed by atoms with Crippen LogP contribution in [0.3, 0.4) is 0 Å². The summed E-state index contributed by atoms with van der Waals surface area (Å²) in [6, 6.07) is 4.39. The number of benzene rings is 1. The van der Waals surface area contributed by atoms with Crippen molar-refractivity contribution >= 4 is 42.3 Å². The van der Waals surface area contributed by atoms with Gasteiger partial charge in [0, 0.05) is 13.2 Å². The molecule has 1 aromatic carbocycles. The van der Waals surface area contributed by atoms with Crippen LogP contribution in [-0.2, 0) is 7.05 Å². The lowest BCUT2D eigenvalue weighted by Crippen LogP contribution is -2.24. The number of aryl methyl sites for hydroxylation is 1. The fourth-order valence-electron chi connectivity index (χ4n) is 1.75. The summed E-state index contributed by atoms with van der Waals surface area (Å²) < 4.78 is 14.9. The molecule has 1 aromatic heterocycles. The van der Waals surface area contributed by atoms with Gasteiger partial charge in [-0.15, -0.1) is 0 Å². The number of hydrogen-bond acceptors (Lipinski definition) is 3. The molecular weight excluding hydrogens is 297 g/mol. The molecule has 0 atom stereocenters. The van der Waals surface area contributed by atoms with Crippen molar-refractivity contribution in [2.24, 2.45) is 7.05 Å². The monoisotopic (exact) mass is 306 g/mol. The molecule has 0 aliphatic carbocycles. The summed E-state index contributed by atoms with van der Waals surface area (Å²) in [5, 5.41) is 11.8. The van der Waals surface area contributed by atoms with E-state index in [0.717, 1.165) is 10.8 Å². The number of carbonyl (C=O) groups is 1. The Morgan fingerprint density at radius 2 is 2.14 bits per heavy atom. The number of pyridine rings is 1. The summed E-state index contributed by atoms with van der Waals surface area (Å²) in [5.41, 5.74) is -1.15. The number of nitrogens with one attached hydrogen (secondary N) is 1. The van der Waals surface area contributed by atoms with Crippen LogP contribution in [0.4, 0.5) is 15.8 Å². The average Bonchev–Trinajstić information content (AvgIpc) is 2.41. The predicted molar refractivity (Wildman–Crippen MR) is 78.7 cm³/mol. The SMILES string of the molecule is [B]c1ccc(Nc2c(C(=O)O)cn(C)c(=O)c2F)c(Cl)c1. The number of aromatic nitrogens is 1. The smallest absolute Gasteiger partial charge is 0.339 e. The zero-order chi connectivity index (χ0) is 15.7. The van der Waals surface area contributed by atoms with Crippen molar-refractivity contribution in [1.82, 2.24) is 4.57 Å². The molecule has 5 nitrogen and oxygen atoms in total. The highest BCUT2D eigenvalue weighted by molar-refractivity contribution is 6.37. The number of halogens is 2. The Bertz CT molecular complexity index is 792. The van der Waals surface area contributed by atoms with Crippen LogP contribution in [0.5, 0.6) is 0 Å². The van der Waals surface area contributed by atoms with Crippen LogP contribution in [0.15, 0.2) is 29.2 Å². The molecule has 0 bridgehead atoms.